The predicted molar refractivity (Wildman–Crippen MR) is 106 cm³/mol. The first-order chi connectivity index (χ1) is 13.4. The highest BCUT2D eigenvalue weighted by Gasteiger charge is 2.26. The minimum absolute atomic E-state index is 0.0383. The van der Waals surface area contributed by atoms with E-state index in [1.807, 2.05) is 55.8 Å². The molecule has 0 unspecified atom stereocenters. The Morgan fingerprint density at radius 1 is 1.18 bits per heavy atom. The van der Waals surface area contributed by atoms with Crippen molar-refractivity contribution < 1.29 is 9.59 Å². The molecule has 0 aromatic carbocycles. The molecule has 1 saturated heterocycles. The lowest BCUT2D eigenvalue weighted by molar-refractivity contribution is -0.131. The highest BCUT2D eigenvalue weighted by molar-refractivity contribution is 5.94. The molecule has 3 aromatic heterocycles. The Hall–Kier alpha value is -3.09. The van der Waals surface area contributed by atoms with E-state index in [4.69, 9.17) is 0 Å². The topological polar surface area (TPSA) is 73.7 Å². The Bertz CT molecular complexity index is 1050. The number of imidazole rings is 1. The van der Waals surface area contributed by atoms with Crippen LogP contribution in [0.2, 0.25) is 0 Å². The molecule has 1 fully saturated rings. The number of aromatic amines is 1. The van der Waals surface area contributed by atoms with Crippen LogP contribution in [0.15, 0.2) is 30.6 Å². The van der Waals surface area contributed by atoms with Gasteiger partial charge in [-0.3, -0.25) is 9.59 Å². The average molecular weight is 379 g/mol. The summed E-state index contributed by atoms with van der Waals surface area (Å²) < 4.78 is 1.99. The molecule has 1 aliphatic heterocycles. The normalized spacial score (nSPS) is 15.3. The molecular formula is C21H25N5O2. The van der Waals surface area contributed by atoms with Crippen molar-refractivity contribution in [3.05, 3.63) is 58.8 Å². The van der Waals surface area contributed by atoms with Gasteiger partial charge < -0.3 is 19.2 Å². The van der Waals surface area contributed by atoms with E-state index in [0.29, 0.717) is 38.3 Å². The molecule has 2 amide bonds. The zero-order chi connectivity index (χ0) is 19.8. The van der Waals surface area contributed by atoms with Crippen molar-refractivity contribution in [1.82, 2.24) is 24.2 Å². The molecule has 1 N–H and O–H groups in total. The molecule has 0 spiro atoms. The number of hydrogen-bond donors (Lipinski definition) is 1. The van der Waals surface area contributed by atoms with Gasteiger partial charge in [0.1, 0.15) is 11.3 Å². The van der Waals surface area contributed by atoms with Crippen molar-refractivity contribution in [2.24, 2.45) is 0 Å². The van der Waals surface area contributed by atoms with Gasteiger partial charge in [0.15, 0.2) is 0 Å². The largest absolute Gasteiger partial charge is 0.354 e. The van der Waals surface area contributed by atoms with Gasteiger partial charge in [0.05, 0.1) is 12.2 Å². The number of H-pyrrole nitrogens is 1. The molecule has 0 aliphatic carbocycles. The second-order valence-electron chi connectivity index (χ2n) is 7.52. The summed E-state index contributed by atoms with van der Waals surface area (Å²) in [7, 11) is 0. The van der Waals surface area contributed by atoms with Crippen LogP contribution in [0.5, 0.6) is 0 Å². The lowest BCUT2D eigenvalue weighted by Crippen LogP contribution is -2.36. The summed E-state index contributed by atoms with van der Waals surface area (Å²) in [4.78, 5) is 36.9. The Labute approximate surface area is 164 Å². The summed E-state index contributed by atoms with van der Waals surface area (Å²) in [5.74, 6) is 0.0204. The van der Waals surface area contributed by atoms with Crippen LogP contribution in [-0.4, -0.2) is 55.6 Å². The molecule has 146 valence electrons. The van der Waals surface area contributed by atoms with E-state index in [2.05, 4.69) is 9.97 Å². The minimum Gasteiger partial charge on any atom is -0.354 e. The molecule has 7 heteroatoms. The van der Waals surface area contributed by atoms with E-state index in [-0.39, 0.29) is 11.8 Å². The first kappa shape index (κ1) is 18.3. The van der Waals surface area contributed by atoms with Crippen LogP contribution in [0.25, 0.3) is 5.65 Å². The van der Waals surface area contributed by atoms with E-state index in [1.165, 1.54) is 0 Å². The van der Waals surface area contributed by atoms with Crippen LogP contribution < -0.4 is 0 Å². The number of aromatic nitrogens is 3. The third-order valence-corrected chi connectivity index (χ3v) is 5.32. The summed E-state index contributed by atoms with van der Waals surface area (Å²) >= 11 is 0. The highest BCUT2D eigenvalue weighted by Crippen LogP contribution is 2.16. The fourth-order valence-corrected chi connectivity index (χ4v) is 3.82. The number of fused-ring (bicyclic) bond motifs is 1. The first-order valence-corrected chi connectivity index (χ1v) is 9.59. The van der Waals surface area contributed by atoms with E-state index < -0.39 is 0 Å². The molecule has 28 heavy (non-hydrogen) atoms. The predicted octanol–water partition coefficient (Wildman–Crippen LogP) is 2.46. The van der Waals surface area contributed by atoms with Crippen LogP contribution in [0.4, 0.5) is 0 Å². The second-order valence-corrected chi connectivity index (χ2v) is 7.52. The van der Waals surface area contributed by atoms with Crippen molar-refractivity contribution in [1.29, 1.82) is 0 Å². The molecular weight excluding hydrogens is 354 g/mol. The number of aryl methyl sites for hydroxylation is 3. The fraction of sp³-hybridized carbons (Fsp3) is 0.381. The number of carbonyl (C=O) groups is 2. The fourth-order valence-electron chi connectivity index (χ4n) is 3.82. The standard InChI is InChI=1S/C21H25N5O2/c1-14-5-4-7-26-13-17(23-20(14)26)12-25-10-9-24(8-6-18(25)27)21(28)19-15(2)11-16(3)22-19/h4-5,7,11,13,22H,6,8-10,12H2,1-3H3. The quantitative estimate of drug-likeness (QED) is 0.760. The first-order valence-electron chi connectivity index (χ1n) is 9.59. The number of rotatable bonds is 3. The van der Waals surface area contributed by atoms with Gasteiger partial charge in [-0.25, -0.2) is 4.98 Å². The van der Waals surface area contributed by atoms with E-state index in [9.17, 15) is 9.59 Å². The van der Waals surface area contributed by atoms with Gasteiger partial charge in [0.25, 0.3) is 5.91 Å². The molecule has 1 aliphatic rings. The zero-order valence-corrected chi connectivity index (χ0v) is 16.5. The summed E-state index contributed by atoms with van der Waals surface area (Å²) in [5, 5.41) is 0. The van der Waals surface area contributed by atoms with E-state index in [1.54, 1.807) is 9.80 Å². The maximum atomic E-state index is 12.9. The van der Waals surface area contributed by atoms with Gasteiger partial charge in [-0.15, -0.1) is 0 Å². The number of pyridine rings is 1. The number of carbonyl (C=O) groups excluding carboxylic acids is 2. The third-order valence-electron chi connectivity index (χ3n) is 5.32. The number of nitrogens with zero attached hydrogens (tertiary/aromatic N) is 4. The monoisotopic (exact) mass is 379 g/mol. The van der Waals surface area contributed by atoms with Crippen molar-refractivity contribution in [3.8, 4) is 0 Å². The van der Waals surface area contributed by atoms with Crippen LogP contribution >= 0.6 is 0 Å². The maximum Gasteiger partial charge on any atom is 0.270 e. The van der Waals surface area contributed by atoms with Crippen molar-refractivity contribution in [3.63, 3.8) is 0 Å². The van der Waals surface area contributed by atoms with E-state index in [0.717, 1.165) is 28.2 Å². The van der Waals surface area contributed by atoms with Crippen LogP contribution in [0.3, 0.4) is 0 Å². The van der Waals surface area contributed by atoms with Crippen LogP contribution in [0, 0.1) is 20.8 Å². The molecule has 0 radical (unpaired) electrons. The number of hydrogen-bond acceptors (Lipinski definition) is 3. The smallest absolute Gasteiger partial charge is 0.270 e. The summed E-state index contributed by atoms with van der Waals surface area (Å²) in [6.45, 7) is 7.83. The second kappa shape index (κ2) is 7.14. The molecule has 7 nitrogen and oxygen atoms in total. The SMILES string of the molecule is Cc1cc(C)c(C(=O)N2CCC(=O)N(Cc3cn4cccc(C)c4n3)CC2)[nH]1. The van der Waals surface area contributed by atoms with Gasteiger partial charge >= 0.3 is 0 Å². The van der Waals surface area contributed by atoms with Crippen molar-refractivity contribution >= 4 is 17.5 Å². The Balaban J connectivity index is 1.48. The Kier molecular flexibility index (Phi) is 4.66. The summed E-state index contributed by atoms with van der Waals surface area (Å²) in [6, 6.07) is 5.98. The van der Waals surface area contributed by atoms with Gasteiger partial charge in [0, 0.05) is 44.1 Å². The zero-order valence-electron chi connectivity index (χ0n) is 16.5. The molecule has 0 bridgehead atoms. The van der Waals surface area contributed by atoms with Gasteiger partial charge in [-0.05, 0) is 44.0 Å². The molecule has 3 aromatic rings. The molecule has 0 saturated carbocycles. The average Bonchev–Trinajstić information content (AvgIpc) is 3.17. The third kappa shape index (κ3) is 3.40. The lowest BCUT2D eigenvalue weighted by Gasteiger charge is -2.21. The number of nitrogens with one attached hydrogen (secondary N) is 1. The van der Waals surface area contributed by atoms with Crippen LogP contribution in [0.1, 0.15) is 39.4 Å². The van der Waals surface area contributed by atoms with E-state index >= 15 is 0 Å². The Morgan fingerprint density at radius 3 is 2.71 bits per heavy atom. The summed E-state index contributed by atoms with van der Waals surface area (Å²) in [5.41, 5.74) is 5.40. The maximum absolute atomic E-state index is 12.9. The van der Waals surface area contributed by atoms with Crippen molar-refractivity contribution in [2.75, 3.05) is 19.6 Å². The number of amides is 2. The molecule has 4 heterocycles. The van der Waals surface area contributed by atoms with Crippen molar-refractivity contribution in [2.45, 2.75) is 33.7 Å². The molecule has 0 atom stereocenters. The highest BCUT2D eigenvalue weighted by atomic mass is 16.2. The lowest BCUT2D eigenvalue weighted by atomic mass is 10.2. The molecule has 4 rings (SSSR count). The van der Waals surface area contributed by atoms with Crippen LogP contribution in [-0.2, 0) is 11.3 Å². The minimum atomic E-state index is -0.0383. The van der Waals surface area contributed by atoms with Gasteiger partial charge in [-0.1, -0.05) is 6.07 Å². The van der Waals surface area contributed by atoms with Gasteiger partial charge in [0.2, 0.25) is 5.91 Å². The van der Waals surface area contributed by atoms with Gasteiger partial charge in [-0.2, -0.15) is 0 Å². The summed E-state index contributed by atoms with van der Waals surface area (Å²) in [6.07, 6.45) is 4.26. The Morgan fingerprint density at radius 2 is 2.00 bits per heavy atom.